The first-order chi connectivity index (χ1) is 8.60. The number of halogens is 1. The van der Waals surface area contributed by atoms with Gasteiger partial charge in [0.1, 0.15) is 16.2 Å². The summed E-state index contributed by atoms with van der Waals surface area (Å²) in [4.78, 5) is 13.7. The lowest BCUT2D eigenvalue weighted by Gasteiger charge is -2.31. The third-order valence-corrected chi connectivity index (χ3v) is 3.87. The Kier molecular flexibility index (Phi) is 4.56. The molecule has 1 aromatic heterocycles. The third kappa shape index (κ3) is 3.20. The number of nitrogens with zero attached hydrogens (tertiary/aromatic N) is 4. The van der Waals surface area contributed by atoms with Crippen molar-refractivity contribution in [3.05, 3.63) is 16.5 Å². The summed E-state index contributed by atoms with van der Waals surface area (Å²) in [5, 5.41) is 0. The maximum atomic E-state index is 4.59. The van der Waals surface area contributed by atoms with Gasteiger partial charge in [0, 0.05) is 25.2 Å². The Morgan fingerprint density at radius 1 is 1.39 bits per heavy atom. The number of hydrogen-bond acceptors (Lipinski definition) is 4. The van der Waals surface area contributed by atoms with Crippen molar-refractivity contribution in [1.82, 2.24) is 14.9 Å². The molecule has 0 saturated carbocycles. The Labute approximate surface area is 118 Å². The Hall–Kier alpha value is -0.680. The lowest BCUT2D eigenvalue weighted by atomic mass is 10.2. The zero-order valence-electron chi connectivity index (χ0n) is 11.4. The molecule has 2 heterocycles. The van der Waals surface area contributed by atoms with Crippen molar-refractivity contribution >= 4 is 21.7 Å². The first kappa shape index (κ1) is 13.7. The molecule has 4 nitrogen and oxygen atoms in total. The zero-order chi connectivity index (χ0) is 13.1. The second kappa shape index (κ2) is 5.97. The van der Waals surface area contributed by atoms with E-state index in [0.29, 0.717) is 6.04 Å². The third-order valence-electron chi connectivity index (χ3n) is 3.46. The molecule has 1 fully saturated rings. The van der Waals surface area contributed by atoms with Crippen LogP contribution in [0.3, 0.4) is 0 Å². The van der Waals surface area contributed by atoms with Crippen LogP contribution in [-0.2, 0) is 0 Å². The molecule has 0 amide bonds. The summed E-state index contributed by atoms with van der Waals surface area (Å²) in [5.41, 5.74) is 0. The maximum absolute atomic E-state index is 4.59. The summed E-state index contributed by atoms with van der Waals surface area (Å²) in [6, 6.07) is 2.57. The summed E-state index contributed by atoms with van der Waals surface area (Å²) < 4.78 is 0.873. The summed E-state index contributed by atoms with van der Waals surface area (Å²) >= 11 is 3.46. The van der Waals surface area contributed by atoms with Crippen LogP contribution in [0.5, 0.6) is 0 Å². The molecule has 5 heteroatoms. The number of hydrogen-bond donors (Lipinski definition) is 0. The average Bonchev–Trinajstić information content (AvgIpc) is 2.49. The fourth-order valence-corrected chi connectivity index (χ4v) is 3.02. The molecule has 0 aromatic carbocycles. The minimum atomic E-state index is 0.540. The van der Waals surface area contributed by atoms with E-state index in [4.69, 9.17) is 0 Å². The minimum Gasteiger partial charge on any atom is -0.352 e. The summed E-state index contributed by atoms with van der Waals surface area (Å²) in [5.74, 6) is 1.88. The smallest absolute Gasteiger partial charge is 0.133 e. The molecule has 1 saturated heterocycles. The maximum Gasteiger partial charge on any atom is 0.133 e. The SMILES string of the molecule is CCC1CN(C)CCCN1c1cc(Br)nc(C)n1. The Balaban J connectivity index is 2.28. The van der Waals surface area contributed by atoms with Crippen LogP contribution < -0.4 is 4.90 Å². The highest BCUT2D eigenvalue weighted by Gasteiger charge is 2.23. The van der Waals surface area contributed by atoms with E-state index in [9.17, 15) is 0 Å². The van der Waals surface area contributed by atoms with Gasteiger partial charge in [0.2, 0.25) is 0 Å². The van der Waals surface area contributed by atoms with E-state index < -0.39 is 0 Å². The van der Waals surface area contributed by atoms with Gasteiger partial charge in [-0.2, -0.15) is 0 Å². The van der Waals surface area contributed by atoms with Crippen LogP contribution in [0.25, 0.3) is 0 Å². The van der Waals surface area contributed by atoms with Crippen molar-refractivity contribution in [3.63, 3.8) is 0 Å². The molecule has 2 rings (SSSR count). The quantitative estimate of drug-likeness (QED) is 0.785. The van der Waals surface area contributed by atoms with Crippen molar-refractivity contribution < 1.29 is 0 Å². The number of aryl methyl sites for hydroxylation is 1. The lowest BCUT2D eigenvalue weighted by molar-refractivity contribution is 0.327. The monoisotopic (exact) mass is 312 g/mol. The van der Waals surface area contributed by atoms with Gasteiger partial charge >= 0.3 is 0 Å². The topological polar surface area (TPSA) is 32.3 Å². The second-order valence-electron chi connectivity index (χ2n) is 4.97. The van der Waals surface area contributed by atoms with E-state index in [2.05, 4.69) is 49.7 Å². The summed E-state index contributed by atoms with van der Waals surface area (Å²) in [6.45, 7) is 7.54. The van der Waals surface area contributed by atoms with Gasteiger partial charge in [0.25, 0.3) is 0 Å². The Morgan fingerprint density at radius 3 is 2.83 bits per heavy atom. The molecule has 1 atom stereocenters. The first-order valence-electron chi connectivity index (χ1n) is 6.56. The highest BCUT2D eigenvalue weighted by Crippen LogP contribution is 2.22. The predicted molar refractivity (Wildman–Crippen MR) is 78.0 cm³/mol. The number of anilines is 1. The van der Waals surface area contributed by atoms with E-state index in [-0.39, 0.29) is 0 Å². The van der Waals surface area contributed by atoms with Crippen LogP contribution in [0.15, 0.2) is 10.7 Å². The van der Waals surface area contributed by atoms with Gasteiger partial charge in [0.15, 0.2) is 0 Å². The van der Waals surface area contributed by atoms with E-state index >= 15 is 0 Å². The van der Waals surface area contributed by atoms with Crippen LogP contribution in [0.2, 0.25) is 0 Å². The number of aromatic nitrogens is 2. The molecule has 0 N–H and O–H groups in total. The molecule has 1 unspecified atom stereocenters. The average molecular weight is 313 g/mol. The lowest BCUT2D eigenvalue weighted by Crippen LogP contribution is -2.40. The van der Waals surface area contributed by atoms with Gasteiger partial charge in [-0.15, -0.1) is 0 Å². The largest absolute Gasteiger partial charge is 0.352 e. The first-order valence-corrected chi connectivity index (χ1v) is 7.36. The normalized spacial score (nSPS) is 22.0. The minimum absolute atomic E-state index is 0.540. The van der Waals surface area contributed by atoms with Gasteiger partial charge in [-0.3, -0.25) is 0 Å². The van der Waals surface area contributed by atoms with E-state index in [1.165, 1.54) is 6.42 Å². The fraction of sp³-hybridized carbons (Fsp3) is 0.692. The molecule has 0 spiro atoms. The molecule has 1 aliphatic rings. The number of rotatable bonds is 2. The zero-order valence-corrected chi connectivity index (χ0v) is 12.9. The number of likely N-dealkylation sites (N-methyl/N-ethyl adjacent to an activating group) is 1. The molecule has 100 valence electrons. The van der Waals surface area contributed by atoms with Crippen molar-refractivity contribution in [2.75, 3.05) is 31.6 Å². The molecule has 18 heavy (non-hydrogen) atoms. The fourth-order valence-electron chi connectivity index (χ4n) is 2.56. The van der Waals surface area contributed by atoms with E-state index in [1.807, 2.05) is 13.0 Å². The molecular formula is C13H21BrN4. The highest BCUT2D eigenvalue weighted by molar-refractivity contribution is 9.10. The van der Waals surface area contributed by atoms with Gasteiger partial charge in [-0.25, -0.2) is 9.97 Å². The van der Waals surface area contributed by atoms with Crippen LogP contribution in [-0.4, -0.2) is 47.6 Å². The molecular weight excluding hydrogens is 292 g/mol. The van der Waals surface area contributed by atoms with E-state index in [0.717, 1.165) is 42.3 Å². The molecule has 1 aliphatic heterocycles. The second-order valence-corrected chi connectivity index (χ2v) is 5.78. The van der Waals surface area contributed by atoms with Crippen LogP contribution >= 0.6 is 15.9 Å². The molecule has 0 bridgehead atoms. The van der Waals surface area contributed by atoms with Crippen molar-refractivity contribution in [3.8, 4) is 0 Å². The summed E-state index contributed by atoms with van der Waals surface area (Å²) in [7, 11) is 2.20. The molecule has 1 aromatic rings. The Bertz CT molecular complexity index is 390. The molecule has 0 radical (unpaired) electrons. The molecule has 0 aliphatic carbocycles. The highest BCUT2D eigenvalue weighted by atomic mass is 79.9. The van der Waals surface area contributed by atoms with Crippen LogP contribution in [0.1, 0.15) is 25.6 Å². The Morgan fingerprint density at radius 2 is 2.17 bits per heavy atom. The summed E-state index contributed by atoms with van der Waals surface area (Å²) in [6.07, 6.45) is 2.33. The van der Waals surface area contributed by atoms with Gasteiger partial charge in [-0.1, -0.05) is 6.92 Å². The van der Waals surface area contributed by atoms with Crippen molar-refractivity contribution in [2.45, 2.75) is 32.7 Å². The standard InChI is InChI=1S/C13H21BrN4/c1-4-11-9-17(3)6-5-7-18(11)13-8-12(14)15-10(2)16-13/h8,11H,4-7,9H2,1-3H3. The van der Waals surface area contributed by atoms with Gasteiger partial charge in [0.05, 0.1) is 0 Å². The van der Waals surface area contributed by atoms with Crippen LogP contribution in [0, 0.1) is 6.92 Å². The van der Waals surface area contributed by atoms with Gasteiger partial charge in [-0.05, 0) is 49.3 Å². The van der Waals surface area contributed by atoms with Crippen molar-refractivity contribution in [2.24, 2.45) is 0 Å². The van der Waals surface area contributed by atoms with Crippen LogP contribution in [0.4, 0.5) is 5.82 Å². The van der Waals surface area contributed by atoms with Crippen molar-refractivity contribution in [1.29, 1.82) is 0 Å². The van der Waals surface area contributed by atoms with Gasteiger partial charge < -0.3 is 9.80 Å². The predicted octanol–water partition coefficient (Wildman–Crippen LogP) is 2.47. The van der Waals surface area contributed by atoms with E-state index in [1.54, 1.807) is 0 Å².